The smallest absolute Gasteiger partial charge is 0.373 e. The standard InChI is InChI=1S/C13H11FN2O2/c14-10-3-1-2-9(8-10)4-5-11-6-7-15-12(16-11)13(17)18/h1-3,6-8H,4-5H2,(H,17,18). The fourth-order valence-corrected chi connectivity index (χ4v) is 1.60. The first-order valence-electron chi connectivity index (χ1n) is 5.45. The van der Waals surface area contributed by atoms with Crippen molar-refractivity contribution in [2.24, 2.45) is 0 Å². The van der Waals surface area contributed by atoms with E-state index < -0.39 is 5.97 Å². The Morgan fingerprint density at radius 1 is 1.28 bits per heavy atom. The molecule has 1 aromatic carbocycles. The number of nitrogens with zero attached hydrogens (tertiary/aromatic N) is 2. The number of aromatic carboxylic acids is 1. The van der Waals surface area contributed by atoms with Crippen molar-refractivity contribution in [3.05, 3.63) is 59.4 Å². The molecule has 0 unspecified atom stereocenters. The number of carbonyl (C=O) groups is 1. The van der Waals surface area contributed by atoms with E-state index in [4.69, 9.17) is 5.11 Å². The Morgan fingerprint density at radius 3 is 2.83 bits per heavy atom. The first-order valence-corrected chi connectivity index (χ1v) is 5.45. The van der Waals surface area contributed by atoms with Crippen LogP contribution in [0.25, 0.3) is 0 Å². The third-order valence-electron chi connectivity index (χ3n) is 2.46. The van der Waals surface area contributed by atoms with Gasteiger partial charge in [0.25, 0.3) is 0 Å². The van der Waals surface area contributed by atoms with E-state index >= 15 is 0 Å². The van der Waals surface area contributed by atoms with Gasteiger partial charge in [0.2, 0.25) is 5.82 Å². The molecule has 1 N–H and O–H groups in total. The Morgan fingerprint density at radius 2 is 2.11 bits per heavy atom. The van der Waals surface area contributed by atoms with Gasteiger partial charge in [-0.1, -0.05) is 12.1 Å². The van der Waals surface area contributed by atoms with Crippen LogP contribution in [0.5, 0.6) is 0 Å². The van der Waals surface area contributed by atoms with Gasteiger partial charge < -0.3 is 5.11 Å². The average Bonchev–Trinajstić information content (AvgIpc) is 2.37. The number of aryl methyl sites for hydroxylation is 2. The number of hydrogen-bond donors (Lipinski definition) is 1. The molecule has 0 bridgehead atoms. The van der Waals surface area contributed by atoms with Crippen molar-refractivity contribution in [3.63, 3.8) is 0 Å². The summed E-state index contributed by atoms with van der Waals surface area (Å²) in [6.45, 7) is 0. The van der Waals surface area contributed by atoms with E-state index in [2.05, 4.69) is 9.97 Å². The largest absolute Gasteiger partial charge is 0.475 e. The summed E-state index contributed by atoms with van der Waals surface area (Å²) in [5.74, 6) is -1.64. The van der Waals surface area contributed by atoms with Crippen LogP contribution in [0.15, 0.2) is 36.5 Å². The number of hydrogen-bond acceptors (Lipinski definition) is 3. The summed E-state index contributed by atoms with van der Waals surface area (Å²) in [7, 11) is 0. The molecule has 0 spiro atoms. The highest BCUT2D eigenvalue weighted by Crippen LogP contribution is 2.07. The maximum Gasteiger partial charge on any atom is 0.373 e. The van der Waals surface area contributed by atoms with Gasteiger partial charge in [-0.2, -0.15) is 0 Å². The number of carboxylic acids is 1. The van der Waals surface area contributed by atoms with Gasteiger partial charge in [0.05, 0.1) is 0 Å². The predicted molar refractivity (Wildman–Crippen MR) is 62.8 cm³/mol. The zero-order valence-electron chi connectivity index (χ0n) is 9.51. The molecule has 0 saturated heterocycles. The molecule has 2 rings (SSSR count). The molecule has 0 aliphatic rings. The fourth-order valence-electron chi connectivity index (χ4n) is 1.60. The van der Waals surface area contributed by atoms with Gasteiger partial charge in [-0.3, -0.25) is 0 Å². The van der Waals surface area contributed by atoms with Crippen molar-refractivity contribution in [2.75, 3.05) is 0 Å². The first kappa shape index (κ1) is 12.2. The van der Waals surface area contributed by atoms with Crippen molar-refractivity contribution in [2.45, 2.75) is 12.8 Å². The molecule has 2 aromatic rings. The van der Waals surface area contributed by atoms with E-state index in [0.29, 0.717) is 18.5 Å². The highest BCUT2D eigenvalue weighted by molar-refractivity contribution is 5.82. The highest BCUT2D eigenvalue weighted by Gasteiger charge is 2.07. The molecule has 0 aliphatic carbocycles. The summed E-state index contributed by atoms with van der Waals surface area (Å²) in [4.78, 5) is 18.2. The van der Waals surface area contributed by atoms with Crippen LogP contribution < -0.4 is 0 Å². The predicted octanol–water partition coefficient (Wildman–Crippen LogP) is 2.10. The first-order chi connectivity index (χ1) is 8.65. The van der Waals surface area contributed by atoms with Crippen LogP contribution in [0.4, 0.5) is 4.39 Å². The minimum Gasteiger partial charge on any atom is -0.475 e. The van der Waals surface area contributed by atoms with Gasteiger partial charge in [0.1, 0.15) is 5.82 Å². The zero-order chi connectivity index (χ0) is 13.0. The monoisotopic (exact) mass is 246 g/mol. The van der Waals surface area contributed by atoms with Crippen molar-refractivity contribution in [3.8, 4) is 0 Å². The SMILES string of the molecule is O=C(O)c1nccc(CCc2cccc(F)c2)n1. The van der Waals surface area contributed by atoms with Crippen molar-refractivity contribution in [1.82, 2.24) is 9.97 Å². The summed E-state index contributed by atoms with van der Waals surface area (Å²) in [5.41, 5.74) is 1.48. The van der Waals surface area contributed by atoms with Crippen LogP contribution in [-0.4, -0.2) is 21.0 Å². The molecule has 0 saturated carbocycles. The molecule has 0 radical (unpaired) electrons. The van der Waals surface area contributed by atoms with Crippen LogP contribution in [-0.2, 0) is 12.8 Å². The normalized spacial score (nSPS) is 10.3. The van der Waals surface area contributed by atoms with Crippen molar-refractivity contribution in [1.29, 1.82) is 0 Å². The van der Waals surface area contributed by atoms with Crippen LogP contribution >= 0.6 is 0 Å². The van der Waals surface area contributed by atoms with Gasteiger partial charge in [-0.25, -0.2) is 19.2 Å². The number of benzene rings is 1. The lowest BCUT2D eigenvalue weighted by molar-refractivity contribution is 0.0683. The van der Waals surface area contributed by atoms with E-state index in [1.807, 2.05) is 6.07 Å². The Hall–Kier alpha value is -2.30. The fraction of sp³-hybridized carbons (Fsp3) is 0.154. The second-order valence-corrected chi connectivity index (χ2v) is 3.81. The van der Waals surface area contributed by atoms with E-state index in [1.165, 1.54) is 18.3 Å². The Balaban J connectivity index is 2.06. The zero-order valence-corrected chi connectivity index (χ0v) is 9.51. The molecule has 4 nitrogen and oxygen atoms in total. The third kappa shape index (κ3) is 3.10. The van der Waals surface area contributed by atoms with E-state index in [0.717, 1.165) is 5.56 Å². The number of halogens is 1. The third-order valence-corrected chi connectivity index (χ3v) is 2.46. The van der Waals surface area contributed by atoms with Crippen molar-refractivity contribution < 1.29 is 14.3 Å². The molecule has 18 heavy (non-hydrogen) atoms. The molecule has 5 heteroatoms. The summed E-state index contributed by atoms with van der Waals surface area (Å²) >= 11 is 0. The lowest BCUT2D eigenvalue weighted by atomic mass is 10.1. The van der Waals surface area contributed by atoms with Gasteiger partial charge in [-0.15, -0.1) is 0 Å². The van der Waals surface area contributed by atoms with Gasteiger partial charge >= 0.3 is 5.97 Å². The minimum absolute atomic E-state index is 0.216. The number of aromatic nitrogens is 2. The molecule has 1 heterocycles. The van der Waals surface area contributed by atoms with Crippen LogP contribution in [0.3, 0.4) is 0 Å². The van der Waals surface area contributed by atoms with Crippen LogP contribution in [0, 0.1) is 5.82 Å². The summed E-state index contributed by atoms with van der Waals surface area (Å²) in [5, 5.41) is 8.76. The van der Waals surface area contributed by atoms with E-state index in [1.54, 1.807) is 12.1 Å². The van der Waals surface area contributed by atoms with Gasteiger partial charge in [0, 0.05) is 11.9 Å². The molecular weight excluding hydrogens is 235 g/mol. The van der Waals surface area contributed by atoms with Gasteiger partial charge in [0.15, 0.2) is 0 Å². The Kier molecular flexibility index (Phi) is 3.62. The molecule has 0 fully saturated rings. The van der Waals surface area contributed by atoms with Crippen molar-refractivity contribution >= 4 is 5.97 Å². The number of rotatable bonds is 4. The molecule has 92 valence electrons. The van der Waals surface area contributed by atoms with E-state index in [-0.39, 0.29) is 11.6 Å². The van der Waals surface area contributed by atoms with Crippen LogP contribution in [0.2, 0.25) is 0 Å². The Bertz CT molecular complexity index is 572. The van der Waals surface area contributed by atoms with E-state index in [9.17, 15) is 9.18 Å². The molecule has 1 aromatic heterocycles. The quantitative estimate of drug-likeness (QED) is 0.897. The second-order valence-electron chi connectivity index (χ2n) is 3.81. The average molecular weight is 246 g/mol. The highest BCUT2D eigenvalue weighted by atomic mass is 19.1. The Labute approximate surface area is 103 Å². The number of carboxylic acid groups (broad SMARTS) is 1. The summed E-state index contributed by atoms with van der Waals surface area (Å²) in [6.07, 6.45) is 2.57. The summed E-state index contributed by atoms with van der Waals surface area (Å²) < 4.78 is 13.0. The topological polar surface area (TPSA) is 63.1 Å². The maximum atomic E-state index is 13.0. The molecule has 0 aliphatic heterocycles. The molecule has 0 amide bonds. The molecular formula is C13H11FN2O2. The molecule has 0 atom stereocenters. The minimum atomic E-state index is -1.15. The maximum absolute atomic E-state index is 13.0. The van der Waals surface area contributed by atoms with Gasteiger partial charge in [-0.05, 0) is 36.6 Å². The van der Waals surface area contributed by atoms with Crippen LogP contribution in [0.1, 0.15) is 21.9 Å². The second kappa shape index (κ2) is 5.35. The summed E-state index contributed by atoms with van der Waals surface area (Å²) in [6, 6.07) is 7.97. The lowest BCUT2D eigenvalue weighted by Gasteiger charge is -2.02. The lowest BCUT2D eigenvalue weighted by Crippen LogP contribution is -2.06.